The van der Waals surface area contributed by atoms with Crippen LogP contribution in [0.15, 0.2) is 54.6 Å². The second-order valence-electron chi connectivity index (χ2n) is 9.01. The zero-order chi connectivity index (χ0) is 22.8. The monoisotopic (exact) mass is 434 g/mol. The van der Waals surface area contributed by atoms with Gasteiger partial charge in [0.05, 0.1) is 0 Å². The molecule has 0 bridgehead atoms. The molecule has 1 aliphatic carbocycles. The number of benzene rings is 2. The fourth-order valence-corrected chi connectivity index (χ4v) is 4.48. The smallest absolute Gasteiger partial charge is 0.242 e. The van der Waals surface area contributed by atoms with Gasteiger partial charge in [-0.2, -0.15) is 0 Å². The first-order valence-corrected chi connectivity index (χ1v) is 12.3. The third kappa shape index (κ3) is 7.22. The van der Waals surface area contributed by atoms with E-state index in [0.717, 1.165) is 31.2 Å². The van der Waals surface area contributed by atoms with Crippen LogP contribution >= 0.6 is 0 Å². The number of carbonyl (C=O) groups excluding carboxylic acids is 2. The topological polar surface area (TPSA) is 49.4 Å². The van der Waals surface area contributed by atoms with Crippen molar-refractivity contribution in [1.82, 2.24) is 10.2 Å². The Balaban J connectivity index is 1.63. The summed E-state index contributed by atoms with van der Waals surface area (Å²) in [5.41, 5.74) is 3.65. The maximum Gasteiger partial charge on any atom is 0.242 e. The van der Waals surface area contributed by atoms with Crippen LogP contribution < -0.4 is 5.32 Å². The van der Waals surface area contributed by atoms with E-state index < -0.39 is 6.04 Å². The fraction of sp³-hybridized carbons (Fsp3) is 0.500. The van der Waals surface area contributed by atoms with Crippen molar-refractivity contribution in [3.05, 3.63) is 71.3 Å². The lowest BCUT2D eigenvalue weighted by atomic mass is 9.95. The highest BCUT2D eigenvalue weighted by atomic mass is 16.2. The number of hydrogen-bond acceptors (Lipinski definition) is 2. The molecule has 32 heavy (non-hydrogen) atoms. The molecular formula is C28H38N2O2. The number of carbonyl (C=O) groups is 2. The van der Waals surface area contributed by atoms with Crippen molar-refractivity contribution in [3.8, 4) is 0 Å². The van der Waals surface area contributed by atoms with Crippen LogP contribution in [0.5, 0.6) is 0 Å². The Kier molecular flexibility index (Phi) is 9.33. The van der Waals surface area contributed by atoms with Crippen molar-refractivity contribution >= 4 is 11.8 Å². The average molecular weight is 435 g/mol. The van der Waals surface area contributed by atoms with Gasteiger partial charge in [-0.3, -0.25) is 9.59 Å². The SMILES string of the molecule is CCc1ccc(CCC(=O)N(CCc2ccccc2)C(C)C(=O)NC2CCCCC2)cc1. The molecule has 1 N–H and O–H groups in total. The Morgan fingerprint density at radius 2 is 1.53 bits per heavy atom. The maximum absolute atomic E-state index is 13.2. The molecule has 1 atom stereocenters. The summed E-state index contributed by atoms with van der Waals surface area (Å²) in [4.78, 5) is 28.0. The van der Waals surface area contributed by atoms with Crippen molar-refractivity contribution in [2.75, 3.05) is 6.54 Å². The minimum absolute atomic E-state index is 0.0226. The molecular weight excluding hydrogens is 396 g/mol. The van der Waals surface area contributed by atoms with Gasteiger partial charge in [-0.15, -0.1) is 0 Å². The van der Waals surface area contributed by atoms with E-state index in [2.05, 4.69) is 48.6 Å². The first-order valence-electron chi connectivity index (χ1n) is 12.3. The molecule has 1 unspecified atom stereocenters. The molecule has 0 aliphatic heterocycles. The Bertz CT molecular complexity index is 841. The van der Waals surface area contributed by atoms with Gasteiger partial charge in [0.1, 0.15) is 6.04 Å². The predicted octanol–water partition coefficient (Wildman–Crippen LogP) is 5.09. The summed E-state index contributed by atoms with van der Waals surface area (Å²) in [6, 6.07) is 18.4. The summed E-state index contributed by atoms with van der Waals surface area (Å²) in [6.45, 7) is 4.57. The van der Waals surface area contributed by atoms with E-state index in [1.54, 1.807) is 4.90 Å². The van der Waals surface area contributed by atoms with Crippen LogP contribution in [0, 0.1) is 0 Å². The molecule has 4 heteroatoms. The summed E-state index contributed by atoms with van der Waals surface area (Å²) in [7, 11) is 0. The van der Waals surface area contributed by atoms with Gasteiger partial charge in [-0.25, -0.2) is 0 Å². The number of rotatable bonds is 10. The third-order valence-corrected chi connectivity index (χ3v) is 6.66. The van der Waals surface area contributed by atoms with E-state index in [1.807, 2.05) is 25.1 Å². The van der Waals surface area contributed by atoms with Crippen LogP contribution in [-0.4, -0.2) is 35.3 Å². The van der Waals surface area contributed by atoms with Crippen molar-refractivity contribution in [2.24, 2.45) is 0 Å². The lowest BCUT2D eigenvalue weighted by molar-refractivity contribution is -0.140. The number of nitrogens with zero attached hydrogens (tertiary/aromatic N) is 1. The second kappa shape index (κ2) is 12.4. The molecule has 2 amide bonds. The molecule has 2 aromatic rings. The summed E-state index contributed by atoms with van der Waals surface area (Å²) in [5, 5.41) is 3.21. The number of aryl methyl sites for hydroxylation is 2. The molecule has 0 spiro atoms. The van der Waals surface area contributed by atoms with Gasteiger partial charge in [0.15, 0.2) is 0 Å². The zero-order valence-corrected chi connectivity index (χ0v) is 19.7. The molecule has 1 aliphatic rings. The third-order valence-electron chi connectivity index (χ3n) is 6.66. The Morgan fingerprint density at radius 3 is 2.19 bits per heavy atom. The summed E-state index contributed by atoms with van der Waals surface area (Å²) >= 11 is 0. The Morgan fingerprint density at radius 1 is 0.906 bits per heavy atom. The molecule has 0 aromatic heterocycles. The Hall–Kier alpha value is -2.62. The maximum atomic E-state index is 13.2. The lowest BCUT2D eigenvalue weighted by Crippen LogP contribution is -2.51. The molecule has 172 valence electrons. The van der Waals surface area contributed by atoms with Gasteiger partial charge in [-0.1, -0.05) is 80.8 Å². The van der Waals surface area contributed by atoms with E-state index in [4.69, 9.17) is 0 Å². The van der Waals surface area contributed by atoms with Crippen molar-refractivity contribution in [3.63, 3.8) is 0 Å². The standard InChI is InChI=1S/C28H38N2O2/c1-3-23-14-16-25(17-15-23)18-19-27(31)30(21-20-24-10-6-4-7-11-24)22(2)28(32)29-26-12-8-5-9-13-26/h4,6-7,10-11,14-17,22,26H,3,5,8-9,12-13,18-21H2,1-2H3,(H,29,32). The molecule has 1 saturated carbocycles. The van der Waals surface area contributed by atoms with E-state index in [9.17, 15) is 9.59 Å². The highest BCUT2D eigenvalue weighted by molar-refractivity contribution is 5.87. The van der Waals surface area contributed by atoms with Gasteiger partial charge < -0.3 is 10.2 Å². The van der Waals surface area contributed by atoms with Crippen LogP contribution in [0.3, 0.4) is 0 Å². The molecule has 1 fully saturated rings. The van der Waals surface area contributed by atoms with Crippen molar-refractivity contribution in [1.29, 1.82) is 0 Å². The van der Waals surface area contributed by atoms with Gasteiger partial charge in [-0.05, 0) is 55.7 Å². The second-order valence-corrected chi connectivity index (χ2v) is 9.01. The summed E-state index contributed by atoms with van der Waals surface area (Å²) < 4.78 is 0. The Labute approximate surface area is 193 Å². The van der Waals surface area contributed by atoms with Gasteiger partial charge in [0.25, 0.3) is 0 Å². The van der Waals surface area contributed by atoms with Crippen molar-refractivity contribution < 1.29 is 9.59 Å². The van der Waals surface area contributed by atoms with Crippen LogP contribution in [0.1, 0.15) is 69.1 Å². The summed E-state index contributed by atoms with van der Waals surface area (Å²) in [6.07, 6.45) is 8.57. The largest absolute Gasteiger partial charge is 0.352 e. The van der Waals surface area contributed by atoms with Gasteiger partial charge >= 0.3 is 0 Å². The van der Waals surface area contributed by atoms with Gasteiger partial charge in [0.2, 0.25) is 11.8 Å². The van der Waals surface area contributed by atoms with Crippen LogP contribution in [0.25, 0.3) is 0 Å². The first kappa shape index (κ1) is 24.0. The summed E-state index contributed by atoms with van der Waals surface area (Å²) in [5.74, 6) is 0.0254. The highest BCUT2D eigenvalue weighted by Crippen LogP contribution is 2.18. The van der Waals surface area contributed by atoms with Crippen LogP contribution in [0.4, 0.5) is 0 Å². The van der Waals surface area contributed by atoms with Crippen LogP contribution in [0.2, 0.25) is 0 Å². The molecule has 0 heterocycles. The molecule has 0 saturated heterocycles. The van der Waals surface area contributed by atoms with E-state index >= 15 is 0 Å². The van der Waals surface area contributed by atoms with Crippen molar-refractivity contribution in [2.45, 2.75) is 83.7 Å². The normalized spacial score (nSPS) is 15.2. The average Bonchev–Trinajstić information content (AvgIpc) is 2.84. The number of nitrogens with one attached hydrogen (secondary N) is 1. The molecule has 4 nitrogen and oxygen atoms in total. The fourth-order valence-electron chi connectivity index (χ4n) is 4.48. The zero-order valence-electron chi connectivity index (χ0n) is 19.7. The van der Waals surface area contributed by atoms with E-state index in [1.165, 1.54) is 30.4 Å². The predicted molar refractivity (Wildman–Crippen MR) is 130 cm³/mol. The number of hydrogen-bond donors (Lipinski definition) is 1. The highest BCUT2D eigenvalue weighted by Gasteiger charge is 2.27. The lowest BCUT2D eigenvalue weighted by Gasteiger charge is -2.31. The van der Waals surface area contributed by atoms with E-state index in [0.29, 0.717) is 19.4 Å². The quantitative estimate of drug-likeness (QED) is 0.566. The molecule has 3 rings (SSSR count). The minimum Gasteiger partial charge on any atom is -0.352 e. The molecule has 2 aromatic carbocycles. The molecule has 0 radical (unpaired) electrons. The first-order chi connectivity index (χ1) is 15.6. The van der Waals surface area contributed by atoms with Crippen LogP contribution in [-0.2, 0) is 28.9 Å². The van der Waals surface area contributed by atoms with E-state index in [-0.39, 0.29) is 17.9 Å². The van der Waals surface area contributed by atoms with Gasteiger partial charge in [0, 0.05) is 19.0 Å². The minimum atomic E-state index is -0.462. The number of amides is 2.